The van der Waals surface area contributed by atoms with Gasteiger partial charge in [-0.1, -0.05) is 18.2 Å². The first-order valence-electron chi connectivity index (χ1n) is 7.57. The van der Waals surface area contributed by atoms with Crippen LogP contribution in [0, 0.1) is 5.92 Å². The highest BCUT2D eigenvalue weighted by Gasteiger charge is 2.22. The summed E-state index contributed by atoms with van der Waals surface area (Å²) >= 11 is 0. The lowest BCUT2D eigenvalue weighted by Gasteiger charge is -2.34. The predicted octanol–water partition coefficient (Wildman–Crippen LogP) is 2.73. The summed E-state index contributed by atoms with van der Waals surface area (Å²) in [5, 5.41) is 1.15. The summed E-state index contributed by atoms with van der Waals surface area (Å²) < 4.78 is 30.5. The molecule has 2 heterocycles. The number of pyridine rings is 1. The van der Waals surface area contributed by atoms with Crippen LogP contribution in [0.2, 0.25) is 0 Å². The fourth-order valence-corrected chi connectivity index (χ4v) is 3.77. The maximum Gasteiger partial charge on any atom is 0.264 e. The van der Waals surface area contributed by atoms with Crippen molar-refractivity contribution in [1.29, 1.82) is 0 Å². The summed E-state index contributed by atoms with van der Waals surface area (Å²) in [5.41, 5.74) is 2.19. The van der Waals surface area contributed by atoms with E-state index in [9.17, 15) is 8.42 Å². The van der Waals surface area contributed by atoms with Gasteiger partial charge < -0.3 is 4.90 Å². The number of piperidine rings is 1. The van der Waals surface area contributed by atoms with Gasteiger partial charge in [-0.25, -0.2) is 0 Å². The molecule has 0 spiro atoms. The van der Waals surface area contributed by atoms with Gasteiger partial charge in [0.25, 0.3) is 10.1 Å². The van der Waals surface area contributed by atoms with Crippen molar-refractivity contribution in [1.82, 2.24) is 4.98 Å². The van der Waals surface area contributed by atoms with Gasteiger partial charge in [0.15, 0.2) is 0 Å². The second-order valence-electron chi connectivity index (χ2n) is 5.85. The molecule has 0 unspecified atom stereocenters. The second-order valence-corrected chi connectivity index (χ2v) is 7.42. The summed E-state index contributed by atoms with van der Waals surface area (Å²) in [4.78, 5) is 6.73. The molecule has 0 atom stereocenters. The average molecular weight is 320 g/mol. The van der Waals surface area contributed by atoms with Crippen LogP contribution in [0.3, 0.4) is 0 Å². The number of rotatable bonds is 4. The van der Waals surface area contributed by atoms with Crippen LogP contribution in [0.25, 0.3) is 10.9 Å². The van der Waals surface area contributed by atoms with Gasteiger partial charge in [-0.3, -0.25) is 9.54 Å². The maximum atomic E-state index is 10.8. The molecular formula is C16H20N2O3S. The van der Waals surface area contributed by atoms with E-state index >= 15 is 0 Å². The number of anilines is 1. The van der Waals surface area contributed by atoms with Crippen molar-refractivity contribution in [2.45, 2.75) is 19.3 Å². The Morgan fingerprint density at radius 2 is 1.91 bits per heavy atom. The average Bonchev–Trinajstić information content (AvgIpc) is 2.52. The monoisotopic (exact) mass is 320 g/mol. The Labute approximate surface area is 130 Å². The lowest BCUT2D eigenvalue weighted by molar-refractivity contribution is 0.389. The number of nitrogens with zero attached hydrogens (tertiary/aromatic N) is 2. The van der Waals surface area contributed by atoms with E-state index in [2.05, 4.69) is 16.0 Å². The molecule has 1 saturated heterocycles. The molecule has 0 amide bonds. The van der Waals surface area contributed by atoms with Crippen molar-refractivity contribution in [3.8, 4) is 0 Å². The van der Waals surface area contributed by atoms with Gasteiger partial charge in [0, 0.05) is 30.4 Å². The first-order valence-corrected chi connectivity index (χ1v) is 9.18. The van der Waals surface area contributed by atoms with E-state index in [-0.39, 0.29) is 5.75 Å². The Morgan fingerprint density at radius 3 is 2.64 bits per heavy atom. The molecule has 0 bridgehead atoms. The largest absolute Gasteiger partial charge is 0.371 e. The summed E-state index contributed by atoms with van der Waals surface area (Å²) in [6.07, 6.45) is 4.28. The van der Waals surface area contributed by atoms with Gasteiger partial charge in [-0.15, -0.1) is 0 Å². The van der Waals surface area contributed by atoms with Crippen molar-refractivity contribution >= 4 is 26.7 Å². The van der Waals surface area contributed by atoms with Gasteiger partial charge in [-0.2, -0.15) is 8.42 Å². The van der Waals surface area contributed by atoms with E-state index in [1.807, 2.05) is 30.5 Å². The van der Waals surface area contributed by atoms with Crippen LogP contribution >= 0.6 is 0 Å². The molecule has 1 aromatic heterocycles. The Hall–Kier alpha value is -1.66. The minimum absolute atomic E-state index is 0.129. The van der Waals surface area contributed by atoms with Gasteiger partial charge >= 0.3 is 0 Å². The van der Waals surface area contributed by atoms with E-state index < -0.39 is 10.1 Å². The molecular weight excluding hydrogens is 300 g/mol. The summed E-state index contributed by atoms with van der Waals surface area (Å²) in [6, 6.07) is 10.1. The Morgan fingerprint density at radius 1 is 1.18 bits per heavy atom. The van der Waals surface area contributed by atoms with Crippen LogP contribution in [0.5, 0.6) is 0 Å². The highest BCUT2D eigenvalue weighted by molar-refractivity contribution is 7.85. The second kappa shape index (κ2) is 6.22. The SMILES string of the molecule is O=S(=O)(O)CCC1CCN(c2ccnc3ccccc23)CC1. The van der Waals surface area contributed by atoms with Crippen molar-refractivity contribution in [2.24, 2.45) is 5.92 Å². The first-order chi connectivity index (χ1) is 10.5. The molecule has 1 aliphatic rings. The molecule has 0 radical (unpaired) electrons. The van der Waals surface area contributed by atoms with Gasteiger partial charge in [0.2, 0.25) is 0 Å². The van der Waals surface area contributed by atoms with E-state index in [4.69, 9.17) is 4.55 Å². The highest BCUT2D eigenvalue weighted by atomic mass is 32.2. The normalized spacial score (nSPS) is 17.0. The van der Waals surface area contributed by atoms with Crippen molar-refractivity contribution in [3.63, 3.8) is 0 Å². The highest BCUT2D eigenvalue weighted by Crippen LogP contribution is 2.30. The van der Waals surface area contributed by atoms with Crippen LogP contribution in [-0.2, 0) is 10.1 Å². The predicted molar refractivity (Wildman–Crippen MR) is 87.7 cm³/mol. The number of para-hydroxylation sites is 1. The Balaban J connectivity index is 1.68. The molecule has 1 N–H and O–H groups in total. The van der Waals surface area contributed by atoms with Crippen LogP contribution in [0.1, 0.15) is 19.3 Å². The van der Waals surface area contributed by atoms with E-state index in [1.165, 1.54) is 5.69 Å². The van der Waals surface area contributed by atoms with Crippen molar-refractivity contribution in [3.05, 3.63) is 36.5 Å². The molecule has 0 saturated carbocycles. The van der Waals surface area contributed by atoms with Crippen LogP contribution < -0.4 is 4.90 Å². The lowest BCUT2D eigenvalue weighted by atomic mass is 9.94. The van der Waals surface area contributed by atoms with Gasteiger partial charge in [0.1, 0.15) is 0 Å². The Bertz CT molecular complexity index is 748. The van der Waals surface area contributed by atoms with Crippen LogP contribution in [-0.4, -0.2) is 36.8 Å². The van der Waals surface area contributed by atoms with E-state index in [1.54, 1.807) is 0 Å². The third-order valence-electron chi connectivity index (χ3n) is 4.37. The molecule has 1 aromatic carbocycles. The summed E-state index contributed by atoms with van der Waals surface area (Å²) in [7, 11) is -3.84. The summed E-state index contributed by atoms with van der Waals surface area (Å²) in [5.74, 6) is 0.238. The van der Waals surface area contributed by atoms with Gasteiger partial charge in [-0.05, 0) is 37.3 Å². The van der Waals surface area contributed by atoms with Gasteiger partial charge in [0.05, 0.1) is 11.3 Å². The fraction of sp³-hybridized carbons (Fsp3) is 0.438. The van der Waals surface area contributed by atoms with Crippen molar-refractivity contribution < 1.29 is 13.0 Å². The zero-order chi connectivity index (χ0) is 15.6. The van der Waals surface area contributed by atoms with Crippen LogP contribution in [0.4, 0.5) is 5.69 Å². The first kappa shape index (κ1) is 15.2. The number of benzene rings is 1. The van der Waals surface area contributed by atoms with E-state index in [0.29, 0.717) is 12.3 Å². The number of hydrogen-bond donors (Lipinski definition) is 1. The number of hydrogen-bond acceptors (Lipinski definition) is 4. The molecule has 1 fully saturated rings. The van der Waals surface area contributed by atoms with E-state index in [0.717, 1.165) is 36.8 Å². The maximum absolute atomic E-state index is 10.8. The van der Waals surface area contributed by atoms with Crippen LogP contribution in [0.15, 0.2) is 36.5 Å². The minimum atomic E-state index is -3.84. The standard InChI is InChI=1S/C16H20N2O3S/c19-22(20,21)12-8-13-6-10-18(11-7-13)16-5-9-17-15-4-2-1-3-14(15)16/h1-5,9,13H,6-8,10-12H2,(H,19,20,21). The third kappa shape index (κ3) is 3.56. The minimum Gasteiger partial charge on any atom is -0.371 e. The quantitative estimate of drug-likeness (QED) is 0.877. The van der Waals surface area contributed by atoms with Crippen molar-refractivity contribution in [2.75, 3.05) is 23.7 Å². The summed E-state index contributed by atoms with van der Waals surface area (Å²) in [6.45, 7) is 1.81. The molecule has 3 rings (SSSR count). The molecule has 2 aromatic rings. The Kier molecular flexibility index (Phi) is 4.31. The molecule has 0 aliphatic carbocycles. The third-order valence-corrected chi connectivity index (χ3v) is 5.12. The molecule has 22 heavy (non-hydrogen) atoms. The zero-order valence-electron chi connectivity index (χ0n) is 12.4. The molecule has 5 nitrogen and oxygen atoms in total. The lowest BCUT2D eigenvalue weighted by Crippen LogP contribution is -2.34. The zero-order valence-corrected chi connectivity index (χ0v) is 13.2. The smallest absolute Gasteiger partial charge is 0.264 e. The number of aromatic nitrogens is 1. The number of fused-ring (bicyclic) bond motifs is 1. The fourth-order valence-electron chi connectivity index (χ4n) is 3.13. The molecule has 118 valence electrons. The molecule has 6 heteroatoms. The molecule has 1 aliphatic heterocycles. The topological polar surface area (TPSA) is 70.5 Å².